The highest BCUT2D eigenvalue weighted by Gasteiger charge is 2.37. The minimum atomic E-state index is -0.870. The average molecular weight is 464 g/mol. The molecule has 1 fully saturated rings. The van der Waals surface area contributed by atoms with E-state index in [1.165, 1.54) is 6.20 Å². The summed E-state index contributed by atoms with van der Waals surface area (Å²) in [6, 6.07) is 3.71. The molecule has 0 bridgehead atoms. The molecule has 32 heavy (non-hydrogen) atoms. The van der Waals surface area contributed by atoms with E-state index in [-0.39, 0.29) is 11.9 Å². The molecule has 1 aliphatic heterocycles. The Morgan fingerprint density at radius 2 is 1.75 bits per heavy atom. The molecule has 0 aliphatic carbocycles. The number of aromatic nitrogens is 3. The summed E-state index contributed by atoms with van der Waals surface area (Å²) in [5, 5.41) is 4.72. The molecule has 0 aromatic carbocycles. The number of halogens is 1. The second kappa shape index (κ2) is 8.97. The second-order valence-electron chi connectivity index (χ2n) is 9.67. The molecule has 1 unspecified atom stereocenters. The minimum Gasteiger partial charge on any atom is -0.443 e. The van der Waals surface area contributed by atoms with Gasteiger partial charge in [0.25, 0.3) is 0 Å². The number of nitrogens with zero attached hydrogens (tertiary/aromatic N) is 5. The predicted octanol–water partition coefficient (Wildman–Crippen LogP) is 5.06. The molecule has 3 heterocycles. The van der Waals surface area contributed by atoms with E-state index in [0.717, 1.165) is 11.3 Å². The summed E-state index contributed by atoms with van der Waals surface area (Å²) in [7, 11) is 0. The molecule has 1 saturated heterocycles. The van der Waals surface area contributed by atoms with E-state index in [9.17, 15) is 9.59 Å². The SMILES string of the molecule is CC(C)(C)OC(=O)N(C(=O)OC(C)(C)C)c1ncc(Cl)cc1N1CCC(n2cccn2)C1. The molecule has 2 aromatic heterocycles. The van der Waals surface area contributed by atoms with Crippen LogP contribution in [0.4, 0.5) is 21.1 Å². The Kier molecular flexibility index (Phi) is 6.69. The Morgan fingerprint density at radius 1 is 1.12 bits per heavy atom. The number of hydrogen-bond acceptors (Lipinski definition) is 7. The van der Waals surface area contributed by atoms with Gasteiger partial charge in [-0.15, -0.1) is 0 Å². The summed E-state index contributed by atoms with van der Waals surface area (Å²) >= 11 is 6.25. The number of ether oxygens (including phenoxy) is 2. The van der Waals surface area contributed by atoms with Crippen LogP contribution in [0.2, 0.25) is 5.02 Å². The van der Waals surface area contributed by atoms with Gasteiger partial charge in [-0.3, -0.25) is 4.68 Å². The van der Waals surface area contributed by atoms with Crippen LogP contribution in [-0.4, -0.2) is 51.2 Å². The third-order valence-corrected chi connectivity index (χ3v) is 4.79. The number of amides is 2. The first-order valence-corrected chi connectivity index (χ1v) is 10.9. The molecular weight excluding hydrogens is 434 g/mol. The predicted molar refractivity (Wildman–Crippen MR) is 122 cm³/mol. The molecule has 0 radical (unpaired) electrons. The van der Waals surface area contributed by atoms with E-state index in [2.05, 4.69) is 10.1 Å². The van der Waals surface area contributed by atoms with Crippen LogP contribution in [-0.2, 0) is 9.47 Å². The topological polar surface area (TPSA) is 89.8 Å². The number of carbonyl (C=O) groups is 2. The van der Waals surface area contributed by atoms with E-state index in [1.807, 2.05) is 21.8 Å². The second-order valence-corrected chi connectivity index (χ2v) is 10.1. The van der Waals surface area contributed by atoms with Gasteiger partial charge in [0.05, 0.1) is 16.8 Å². The summed E-state index contributed by atoms with van der Waals surface area (Å²) in [5.74, 6) is 0.110. The minimum absolute atomic E-state index is 0.110. The van der Waals surface area contributed by atoms with Crippen LogP contribution >= 0.6 is 11.6 Å². The van der Waals surface area contributed by atoms with Crippen molar-refractivity contribution in [2.24, 2.45) is 0 Å². The van der Waals surface area contributed by atoms with Crippen molar-refractivity contribution in [3.05, 3.63) is 35.7 Å². The third-order valence-electron chi connectivity index (χ3n) is 4.58. The summed E-state index contributed by atoms with van der Waals surface area (Å²) in [6.07, 6.45) is 4.15. The van der Waals surface area contributed by atoms with Crippen LogP contribution in [0.3, 0.4) is 0 Å². The zero-order chi connectivity index (χ0) is 23.7. The number of imide groups is 1. The molecule has 3 rings (SSSR count). The maximum Gasteiger partial charge on any atom is 0.425 e. The van der Waals surface area contributed by atoms with Gasteiger partial charge < -0.3 is 14.4 Å². The highest BCUT2D eigenvalue weighted by atomic mass is 35.5. The van der Waals surface area contributed by atoms with Crippen molar-refractivity contribution in [2.75, 3.05) is 22.9 Å². The molecule has 2 aromatic rings. The quantitative estimate of drug-likeness (QED) is 0.628. The molecule has 10 heteroatoms. The summed E-state index contributed by atoms with van der Waals surface area (Å²) in [5.41, 5.74) is -1.09. The van der Waals surface area contributed by atoms with E-state index in [0.29, 0.717) is 23.8 Å². The fraction of sp³-hybridized carbons (Fsp3) is 0.545. The lowest BCUT2D eigenvalue weighted by molar-refractivity contribution is 0.0429. The van der Waals surface area contributed by atoms with Gasteiger partial charge in [-0.2, -0.15) is 10.00 Å². The van der Waals surface area contributed by atoms with Crippen LogP contribution < -0.4 is 9.80 Å². The largest absolute Gasteiger partial charge is 0.443 e. The molecule has 1 aliphatic rings. The van der Waals surface area contributed by atoms with Gasteiger partial charge in [-0.1, -0.05) is 11.6 Å². The normalized spacial score (nSPS) is 16.7. The van der Waals surface area contributed by atoms with Gasteiger partial charge in [-0.25, -0.2) is 14.6 Å². The first kappa shape index (κ1) is 23.8. The zero-order valence-corrected chi connectivity index (χ0v) is 20.1. The van der Waals surface area contributed by atoms with Crippen molar-refractivity contribution in [3.63, 3.8) is 0 Å². The monoisotopic (exact) mass is 463 g/mol. The molecule has 174 valence electrons. The van der Waals surface area contributed by atoms with Crippen molar-refractivity contribution in [1.29, 1.82) is 0 Å². The van der Waals surface area contributed by atoms with Crippen molar-refractivity contribution < 1.29 is 19.1 Å². The Labute approximate surface area is 193 Å². The smallest absolute Gasteiger partial charge is 0.425 e. The van der Waals surface area contributed by atoms with Crippen LogP contribution in [0.1, 0.15) is 54.0 Å². The molecule has 9 nitrogen and oxygen atoms in total. The van der Waals surface area contributed by atoms with Gasteiger partial charge in [-0.05, 0) is 60.1 Å². The molecular formula is C22H30ClN5O4. The van der Waals surface area contributed by atoms with Crippen LogP contribution in [0, 0.1) is 0 Å². The fourth-order valence-corrected chi connectivity index (χ4v) is 3.51. The number of rotatable bonds is 3. The summed E-state index contributed by atoms with van der Waals surface area (Å²) < 4.78 is 12.9. The first-order chi connectivity index (χ1) is 14.8. The maximum atomic E-state index is 13.1. The van der Waals surface area contributed by atoms with Crippen LogP contribution in [0.15, 0.2) is 30.7 Å². The Hall–Kier alpha value is -2.81. The molecule has 0 saturated carbocycles. The van der Waals surface area contributed by atoms with Gasteiger partial charge in [0, 0.05) is 31.7 Å². The number of carbonyl (C=O) groups excluding carboxylic acids is 2. The molecule has 0 N–H and O–H groups in total. The summed E-state index contributed by atoms with van der Waals surface area (Å²) in [6.45, 7) is 11.6. The average Bonchev–Trinajstić information content (AvgIpc) is 3.31. The maximum absolute atomic E-state index is 13.1. The van der Waals surface area contributed by atoms with Gasteiger partial charge in [0.1, 0.15) is 11.2 Å². The Balaban J connectivity index is 1.99. The summed E-state index contributed by atoms with van der Waals surface area (Å²) in [4.78, 5) is 33.4. The lowest BCUT2D eigenvalue weighted by Gasteiger charge is -2.30. The van der Waals surface area contributed by atoms with Crippen molar-refractivity contribution in [2.45, 2.75) is 65.2 Å². The van der Waals surface area contributed by atoms with E-state index in [1.54, 1.807) is 53.8 Å². The highest BCUT2D eigenvalue weighted by Crippen LogP contribution is 2.36. The Morgan fingerprint density at radius 3 is 2.28 bits per heavy atom. The lowest BCUT2D eigenvalue weighted by atomic mass is 10.2. The van der Waals surface area contributed by atoms with E-state index in [4.69, 9.17) is 21.1 Å². The third kappa shape index (κ3) is 5.91. The lowest BCUT2D eigenvalue weighted by Crippen LogP contribution is -2.45. The van der Waals surface area contributed by atoms with Gasteiger partial charge in [0.15, 0.2) is 5.82 Å². The van der Waals surface area contributed by atoms with Gasteiger partial charge in [0.2, 0.25) is 0 Å². The van der Waals surface area contributed by atoms with Gasteiger partial charge >= 0.3 is 12.2 Å². The van der Waals surface area contributed by atoms with Crippen LogP contribution in [0.5, 0.6) is 0 Å². The van der Waals surface area contributed by atoms with Crippen molar-refractivity contribution in [3.8, 4) is 0 Å². The molecule has 2 amide bonds. The highest BCUT2D eigenvalue weighted by molar-refractivity contribution is 6.31. The molecule has 0 spiro atoms. The van der Waals surface area contributed by atoms with Crippen molar-refractivity contribution >= 4 is 35.3 Å². The molecule has 1 atom stereocenters. The van der Waals surface area contributed by atoms with Crippen LogP contribution in [0.25, 0.3) is 0 Å². The van der Waals surface area contributed by atoms with E-state index < -0.39 is 23.4 Å². The number of hydrogen-bond donors (Lipinski definition) is 0. The van der Waals surface area contributed by atoms with Crippen molar-refractivity contribution in [1.82, 2.24) is 14.8 Å². The fourth-order valence-electron chi connectivity index (χ4n) is 3.36. The Bertz CT molecular complexity index is 938. The van der Waals surface area contributed by atoms with E-state index >= 15 is 0 Å². The number of anilines is 2. The number of pyridine rings is 1. The standard InChI is InChI=1S/C22H30ClN5O4/c1-21(2,3)31-19(29)28(20(30)32-22(4,5)6)18-17(12-15(23)13-24-18)26-11-8-16(14-26)27-10-7-9-25-27/h7,9-10,12-13,16H,8,11,14H2,1-6H3. The zero-order valence-electron chi connectivity index (χ0n) is 19.3. The first-order valence-electron chi connectivity index (χ1n) is 10.5.